The SMILES string of the molecule is C=CC1c2ccccc2C=CC1c1ccco1. The van der Waals surface area contributed by atoms with Crippen LogP contribution in [0.3, 0.4) is 0 Å². The number of benzene rings is 1. The molecule has 0 amide bonds. The normalized spacial score (nSPS) is 22.1. The lowest BCUT2D eigenvalue weighted by molar-refractivity contribution is 0.475. The van der Waals surface area contributed by atoms with Gasteiger partial charge in [-0.2, -0.15) is 0 Å². The molecule has 1 heterocycles. The van der Waals surface area contributed by atoms with Gasteiger partial charge in [0.25, 0.3) is 0 Å². The molecule has 0 bridgehead atoms. The zero-order valence-corrected chi connectivity index (χ0v) is 9.54. The van der Waals surface area contributed by atoms with Crippen molar-refractivity contribution in [2.24, 2.45) is 0 Å². The van der Waals surface area contributed by atoms with E-state index < -0.39 is 0 Å². The van der Waals surface area contributed by atoms with Crippen LogP contribution in [0, 0.1) is 0 Å². The second-order valence-electron chi connectivity index (χ2n) is 4.29. The Hall–Kier alpha value is -2.02. The van der Waals surface area contributed by atoms with Crippen LogP contribution in [0.4, 0.5) is 0 Å². The molecule has 0 radical (unpaired) electrons. The average molecular weight is 222 g/mol. The zero-order valence-electron chi connectivity index (χ0n) is 9.54. The number of fused-ring (bicyclic) bond motifs is 1. The molecule has 1 aliphatic carbocycles. The number of hydrogen-bond donors (Lipinski definition) is 0. The van der Waals surface area contributed by atoms with Gasteiger partial charge in [-0.05, 0) is 23.3 Å². The van der Waals surface area contributed by atoms with Gasteiger partial charge < -0.3 is 4.42 Å². The highest BCUT2D eigenvalue weighted by atomic mass is 16.3. The highest BCUT2D eigenvalue weighted by Crippen LogP contribution is 2.40. The minimum absolute atomic E-state index is 0.261. The van der Waals surface area contributed by atoms with Crippen LogP contribution in [0.1, 0.15) is 28.7 Å². The maximum Gasteiger partial charge on any atom is 0.111 e. The summed E-state index contributed by atoms with van der Waals surface area (Å²) in [7, 11) is 0. The van der Waals surface area contributed by atoms with Crippen molar-refractivity contribution in [3.05, 3.63) is 78.3 Å². The molecule has 0 aliphatic heterocycles. The van der Waals surface area contributed by atoms with Gasteiger partial charge in [-0.25, -0.2) is 0 Å². The van der Waals surface area contributed by atoms with Crippen molar-refractivity contribution in [2.45, 2.75) is 11.8 Å². The molecule has 0 saturated carbocycles. The Labute approximate surface area is 101 Å². The van der Waals surface area contributed by atoms with Gasteiger partial charge >= 0.3 is 0 Å². The second kappa shape index (κ2) is 4.10. The van der Waals surface area contributed by atoms with Crippen molar-refractivity contribution >= 4 is 6.08 Å². The predicted molar refractivity (Wildman–Crippen MR) is 69.9 cm³/mol. The first-order valence-corrected chi connectivity index (χ1v) is 5.83. The highest BCUT2D eigenvalue weighted by molar-refractivity contribution is 5.61. The summed E-state index contributed by atoms with van der Waals surface area (Å²) in [4.78, 5) is 0. The quantitative estimate of drug-likeness (QED) is 0.688. The van der Waals surface area contributed by atoms with Crippen LogP contribution in [-0.2, 0) is 0 Å². The summed E-state index contributed by atoms with van der Waals surface area (Å²) in [6, 6.07) is 12.4. The molecular weight excluding hydrogens is 208 g/mol. The fraction of sp³-hybridized carbons (Fsp3) is 0.125. The van der Waals surface area contributed by atoms with Crippen LogP contribution in [0.25, 0.3) is 6.08 Å². The van der Waals surface area contributed by atoms with Crippen molar-refractivity contribution in [1.29, 1.82) is 0 Å². The Kier molecular flexibility index (Phi) is 2.45. The van der Waals surface area contributed by atoms with Crippen LogP contribution in [0.15, 0.2) is 65.8 Å². The predicted octanol–water partition coefficient (Wildman–Crippen LogP) is 4.36. The van der Waals surface area contributed by atoms with Crippen LogP contribution in [0.2, 0.25) is 0 Å². The maximum atomic E-state index is 5.52. The van der Waals surface area contributed by atoms with E-state index in [4.69, 9.17) is 4.42 Å². The number of allylic oxidation sites excluding steroid dienone is 2. The molecule has 1 aromatic heterocycles. The van der Waals surface area contributed by atoms with Crippen molar-refractivity contribution in [1.82, 2.24) is 0 Å². The van der Waals surface area contributed by atoms with E-state index in [1.807, 2.05) is 18.2 Å². The lowest BCUT2D eigenvalue weighted by atomic mass is 9.78. The maximum absolute atomic E-state index is 5.52. The summed E-state index contributed by atoms with van der Waals surface area (Å²) < 4.78 is 5.52. The number of furan rings is 1. The van der Waals surface area contributed by atoms with Crippen LogP contribution >= 0.6 is 0 Å². The van der Waals surface area contributed by atoms with Gasteiger partial charge in [0.1, 0.15) is 5.76 Å². The van der Waals surface area contributed by atoms with Gasteiger partial charge in [0.05, 0.1) is 6.26 Å². The third-order valence-electron chi connectivity index (χ3n) is 3.35. The molecule has 17 heavy (non-hydrogen) atoms. The zero-order chi connectivity index (χ0) is 11.7. The van der Waals surface area contributed by atoms with Crippen molar-refractivity contribution in [3.8, 4) is 0 Å². The van der Waals surface area contributed by atoms with Gasteiger partial charge in [-0.3, -0.25) is 0 Å². The van der Waals surface area contributed by atoms with Gasteiger partial charge in [-0.1, -0.05) is 42.5 Å². The van der Waals surface area contributed by atoms with Gasteiger partial charge in [0, 0.05) is 11.8 Å². The lowest BCUT2D eigenvalue weighted by Gasteiger charge is -2.26. The Balaban J connectivity index is 2.09. The van der Waals surface area contributed by atoms with Gasteiger partial charge in [0.2, 0.25) is 0 Å². The fourth-order valence-corrected chi connectivity index (χ4v) is 2.51. The van der Waals surface area contributed by atoms with E-state index in [9.17, 15) is 0 Å². The van der Waals surface area contributed by atoms with E-state index >= 15 is 0 Å². The lowest BCUT2D eigenvalue weighted by Crippen LogP contribution is -2.11. The van der Waals surface area contributed by atoms with Crippen molar-refractivity contribution < 1.29 is 4.42 Å². The topological polar surface area (TPSA) is 13.1 Å². The summed E-state index contributed by atoms with van der Waals surface area (Å²) in [5.74, 6) is 1.56. The molecule has 1 heteroatoms. The van der Waals surface area contributed by atoms with E-state index in [0.29, 0.717) is 5.92 Å². The summed E-state index contributed by atoms with van der Waals surface area (Å²) in [5.41, 5.74) is 2.60. The minimum Gasteiger partial charge on any atom is -0.469 e. The molecule has 0 saturated heterocycles. The Bertz CT molecular complexity index is 549. The average Bonchev–Trinajstić information content (AvgIpc) is 2.91. The molecule has 84 valence electrons. The first-order valence-electron chi connectivity index (χ1n) is 5.83. The van der Waals surface area contributed by atoms with Gasteiger partial charge in [0.15, 0.2) is 0 Å². The van der Waals surface area contributed by atoms with Crippen LogP contribution < -0.4 is 0 Å². The first-order chi connectivity index (χ1) is 8.40. The second-order valence-corrected chi connectivity index (χ2v) is 4.29. The smallest absolute Gasteiger partial charge is 0.111 e. The Morgan fingerprint density at radius 3 is 2.76 bits per heavy atom. The van der Waals surface area contributed by atoms with E-state index in [1.54, 1.807) is 6.26 Å². The number of rotatable bonds is 2. The third kappa shape index (κ3) is 1.64. The van der Waals surface area contributed by atoms with E-state index in [-0.39, 0.29) is 5.92 Å². The van der Waals surface area contributed by atoms with E-state index in [0.717, 1.165) is 5.76 Å². The molecule has 1 aromatic carbocycles. The minimum atomic E-state index is 0.261. The molecule has 3 rings (SSSR count). The number of hydrogen-bond acceptors (Lipinski definition) is 1. The van der Waals surface area contributed by atoms with E-state index in [2.05, 4.69) is 43.0 Å². The van der Waals surface area contributed by atoms with Crippen molar-refractivity contribution in [3.63, 3.8) is 0 Å². The van der Waals surface area contributed by atoms with Crippen molar-refractivity contribution in [2.75, 3.05) is 0 Å². The third-order valence-corrected chi connectivity index (χ3v) is 3.35. The van der Waals surface area contributed by atoms with Gasteiger partial charge in [-0.15, -0.1) is 6.58 Å². The molecule has 1 nitrogen and oxygen atoms in total. The molecular formula is C16H14O. The highest BCUT2D eigenvalue weighted by Gasteiger charge is 2.26. The van der Waals surface area contributed by atoms with Crippen LogP contribution in [0.5, 0.6) is 0 Å². The fourth-order valence-electron chi connectivity index (χ4n) is 2.51. The molecule has 0 N–H and O–H groups in total. The Morgan fingerprint density at radius 1 is 1.12 bits per heavy atom. The summed E-state index contributed by atoms with van der Waals surface area (Å²) in [5, 5.41) is 0. The molecule has 1 aliphatic rings. The van der Waals surface area contributed by atoms with Crippen LogP contribution in [-0.4, -0.2) is 0 Å². The molecule has 2 unspecified atom stereocenters. The summed E-state index contributed by atoms with van der Waals surface area (Å²) in [6.07, 6.45) is 8.11. The monoisotopic (exact) mass is 222 g/mol. The first kappa shape index (κ1) is 10.2. The standard InChI is InChI=1S/C16H14O/c1-2-13-14-7-4-3-6-12(14)9-10-15(13)16-8-5-11-17-16/h2-11,13,15H,1H2. The molecule has 2 aromatic rings. The van der Waals surface area contributed by atoms with E-state index in [1.165, 1.54) is 11.1 Å². The Morgan fingerprint density at radius 2 is 2.00 bits per heavy atom. The molecule has 2 atom stereocenters. The molecule has 0 fully saturated rings. The molecule has 0 spiro atoms. The summed E-state index contributed by atoms with van der Waals surface area (Å²) in [6.45, 7) is 3.97. The summed E-state index contributed by atoms with van der Waals surface area (Å²) >= 11 is 0. The largest absolute Gasteiger partial charge is 0.469 e.